The molecule has 0 saturated heterocycles. The third-order valence-electron chi connectivity index (χ3n) is 2.25. The summed E-state index contributed by atoms with van der Waals surface area (Å²) in [5, 5.41) is 0. The minimum Gasteiger partial charge on any atom is -0.393 e. The molecule has 0 fully saturated rings. The third-order valence-corrected chi connectivity index (χ3v) is 2.25. The molecular weight excluding hydrogens is 170 g/mol. The summed E-state index contributed by atoms with van der Waals surface area (Å²) in [5.74, 6) is 0.649. The van der Waals surface area contributed by atoms with Crippen LogP contribution in [0.5, 0.6) is 0 Å². The molecule has 1 aromatic rings. The number of aromatic nitrogens is 2. The second-order valence-electron chi connectivity index (χ2n) is 3.05. The molecule has 0 amide bonds. The van der Waals surface area contributed by atoms with Gasteiger partial charge in [0.05, 0.1) is 12.2 Å². The van der Waals surface area contributed by atoms with Gasteiger partial charge >= 0.3 is 0 Å². The number of aryl methyl sites for hydroxylation is 1. The molecule has 0 spiro atoms. The number of nitrogens with two attached hydrogens (primary N) is 1. The number of rotatable bonds is 1. The van der Waals surface area contributed by atoms with E-state index in [1.165, 1.54) is 10.8 Å². The number of hydrogen-bond donors (Lipinski definition) is 1. The SMILES string of the molecule is Nc1cnc2n(c1=O)C(C=O)CC2. The Kier molecular flexibility index (Phi) is 1.65. The summed E-state index contributed by atoms with van der Waals surface area (Å²) in [6, 6.07) is -0.376. The summed E-state index contributed by atoms with van der Waals surface area (Å²) in [6.07, 6.45) is 3.43. The number of hydrogen-bond acceptors (Lipinski definition) is 4. The van der Waals surface area contributed by atoms with Gasteiger partial charge in [0.1, 0.15) is 17.8 Å². The molecule has 0 aliphatic carbocycles. The first-order chi connectivity index (χ1) is 6.24. The molecule has 1 aliphatic rings. The van der Waals surface area contributed by atoms with Gasteiger partial charge in [-0.3, -0.25) is 9.36 Å². The fourth-order valence-electron chi connectivity index (χ4n) is 1.58. The normalized spacial score (nSPS) is 19.8. The predicted molar refractivity (Wildman–Crippen MR) is 46.3 cm³/mol. The fourth-order valence-corrected chi connectivity index (χ4v) is 1.58. The van der Waals surface area contributed by atoms with E-state index in [4.69, 9.17) is 5.73 Å². The van der Waals surface area contributed by atoms with Crippen molar-refractivity contribution in [3.8, 4) is 0 Å². The molecule has 2 rings (SSSR count). The second kappa shape index (κ2) is 2.69. The molecule has 1 atom stereocenters. The number of nitrogen functional groups attached to an aromatic ring is 1. The largest absolute Gasteiger partial charge is 0.393 e. The van der Waals surface area contributed by atoms with E-state index in [0.29, 0.717) is 18.7 Å². The first-order valence-electron chi connectivity index (χ1n) is 4.05. The van der Waals surface area contributed by atoms with Crippen LogP contribution in [0, 0.1) is 0 Å². The van der Waals surface area contributed by atoms with Gasteiger partial charge in [0.15, 0.2) is 0 Å². The van der Waals surface area contributed by atoms with Crippen LogP contribution in [0.4, 0.5) is 5.69 Å². The second-order valence-corrected chi connectivity index (χ2v) is 3.05. The molecule has 1 unspecified atom stereocenters. The quantitative estimate of drug-likeness (QED) is 0.590. The molecule has 0 saturated carbocycles. The molecule has 0 radical (unpaired) electrons. The predicted octanol–water partition coefficient (Wildman–Crippen LogP) is -0.488. The zero-order valence-electron chi connectivity index (χ0n) is 6.93. The summed E-state index contributed by atoms with van der Waals surface area (Å²) in [5.41, 5.74) is 5.19. The van der Waals surface area contributed by atoms with Gasteiger partial charge < -0.3 is 10.5 Å². The van der Waals surface area contributed by atoms with Crippen molar-refractivity contribution in [1.82, 2.24) is 9.55 Å². The summed E-state index contributed by atoms with van der Waals surface area (Å²) >= 11 is 0. The highest BCUT2D eigenvalue weighted by molar-refractivity contribution is 5.57. The van der Waals surface area contributed by atoms with E-state index in [9.17, 15) is 9.59 Å². The number of fused-ring (bicyclic) bond motifs is 1. The lowest BCUT2D eigenvalue weighted by Gasteiger charge is -2.06. The van der Waals surface area contributed by atoms with Gasteiger partial charge in [0, 0.05) is 6.42 Å². The van der Waals surface area contributed by atoms with Gasteiger partial charge in [-0.25, -0.2) is 4.98 Å². The molecule has 13 heavy (non-hydrogen) atoms. The molecule has 5 heteroatoms. The first kappa shape index (κ1) is 7.97. The van der Waals surface area contributed by atoms with Crippen LogP contribution in [0.25, 0.3) is 0 Å². The lowest BCUT2D eigenvalue weighted by Crippen LogP contribution is -2.26. The van der Waals surface area contributed by atoms with E-state index in [2.05, 4.69) is 4.98 Å². The average Bonchev–Trinajstić information content (AvgIpc) is 2.55. The Bertz CT molecular complexity index is 410. The van der Waals surface area contributed by atoms with Crippen molar-refractivity contribution in [3.63, 3.8) is 0 Å². The highest BCUT2D eigenvalue weighted by atomic mass is 16.1. The zero-order valence-corrected chi connectivity index (χ0v) is 6.93. The van der Waals surface area contributed by atoms with E-state index in [1.54, 1.807) is 0 Å². The van der Waals surface area contributed by atoms with Crippen LogP contribution in [-0.2, 0) is 11.2 Å². The minimum absolute atomic E-state index is 0.0949. The summed E-state index contributed by atoms with van der Waals surface area (Å²) in [4.78, 5) is 26.1. The van der Waals surface area contributed by atoms with Crippen molar-refractivity contribution in [2.45, 2.75) is 18.9 Å². The van der Waals surface area contributed by atoms with Crippen LogP contribution < -0.4 is 11.3 Å². The van der Waals surface area contributed by atoms with Crippen molar-refractivity contribution in [1.29, 1.82) is 0 Å². The van der Waals surface area contributed by atoms with Crippen molar-refractivity contribution in [3.05, 3.63) is 22.4 Å². The van der Waals surface area contributed by atoms with Crippen molar-refractivity contribution in [2.24, 2.45) is 0 Å². The summed E-state index contributed by atoms with van der Waals surface area (Å²) < 4.78 is 1.38. The summed E-state index contributed by atoms with van der Waals surface area (Å²) in [7, 11) is 0. The van der Waals surface area contributed by atoms with E-state index in [1.807, 2.05) is 0 Å². The molecule has 2 N–H and O–H groups in total. The van der Waals surface area contributed by atoms with Crippen LogP contribution in [-0.4, -0.2) is 15.8 Å². The lowest BCUT2D eigenvalue weighted by atomic mass is 10.2. The Morgan fingerprint density at radius 2 is 2.46 bits per heavy atom. The molecular formula is C8H9N3O2. The van der Waals surface area contributed by atoms with Crippen LogP contribution >= 0.6 is 0 Å². The number of anilines is 1. The molecule has 0 bridgehead atoms. The average molecular weight is 179 g/mol. The monoisotopic (exact) mass is 179 g/mol. The van der Waals surface area contributed by atoms with E-state index < -0.39 is 0 Å². The molecule has 1 aromatic heterocycles. The van der Waals surface area contributed by atoms with Crippen LogP contribution in [0.3, 0.4) is 0 Å². The molecule has 2 heterocycles. The van der Waals surface area contributed by atoms with Crippen molar-refractivity contribution >= 4 is 12.0 Å². The maximum absolute atomic E-state index is 11.5. The number of carbonyl (C=O) groups excluding carboxylic acids is 1. The van der Waals surface area contributed by atoms with Crippen LogP contribution in [0.15, 0.2) is 11.0 Å². The number of carbonyl (C=O) groups is 1. The highest BCUT2D eigenvalue weighted by Crippen LogP contribution is 2.19. The van der Waals surface area contributed by atoms with Gasteiger partial charge in [-0.1, -0.05) is 0 Å². The standard InChI is InChI=1S/C8H9N3O2/c9-6-3-10-7-2-1-5(4-12)11(7)8(6)13/h3-5H,1-2,9H2. The molecule has 5 nitrogen and oxygen atoms in total. The molecule has 0 aromatic carbocycles. The summed E-state index contributed by atoms with van der Waals surface area (Å²) in [6.45, 7) is 0. The zero-order chi connectivity index (χ0) is 9.42. The lowest BCUT2D eigenvalue weighted by molar-refractivity contribution is -0.110. The van der Waals surface area contributed by atoms with Crippen LogP contribution in [0.1, 0.15) is 18.3 Å². The Hall–Kier alpha value is -1.65. The van der Waals surface area contributed by atoms with Crippen LogP contribution in [0.2, 0.25) is 0 Å². The van der Waals surface area contributed by atoms with Crippen molar-refractivity contribution < 1.29 is 4.79 Å². The Balaban J connectivity index is 2.67. The molecule has 68 valence electrons. The number of aldehydes is 1. The highest BCUT2D eigenvalue weighted by Gasteiger charge is 2.24. The van der Waals surface area contributed by atoms with E-state index in [0.717, 1.165) is 6.29 Å². The number of nitrogens with zero attached hydrogens (tertiary/aromatic N) is 2. The van der Waals surface area contributed by atoms with E-state index in [-0.39, 0.29) is 17.3 Å². The Labute approximate surface area is 74.2 Å². The minimum atomic E-state index is -0.376. The van der Waals surface area contributed by atoms with Gasteiger partial charge in [-0.15, -0.1) is 0 Å². The maximum atomic E-state index is 11.5. The van der Waals surface area contributed by atoms with Gasteiger partial charge in [0.25, 0.3) is 5.56 Å². The maximum Gasteiger partial charge on any atom is 0.277 e. The fraction of sp³-hybridized carbons (Fsp3) is 0.375. The smallest absolute Gasteiger partial charge is 0.277 e. The Morgan fingerprint density at radius 1 is 1.69 bits per heavy atom. The van der Waals surface area contributed by atoms with E-state index >= 15 is 0 Å². The first-order valence-corrected chi connectivity index (χ1v) is 4.05. The molecule has 1 aliphatic heterocycles. The van der Waals surface area contributed by atoms with Gasteiger partial charge in [-0.2, -0.15) is 0 Å². The van der Waals surface area contributed by atoms with Gasteiger partial charge in [-0.05, 0) is 6.42 Å². The van der Waals surface area contributed by atoms with Crippen molar-refractivity contribution in [2.75, 3.05) is 5.73 Å². The Morgan fingerprint density at radius 3 is 3.15 bits per heavy atom. The third kappa shape index (κ3) is 1.04. The topological polar surface area (TPSA) is 78.0 Å². The van der Waals surface area contributed by atoms with Gasteiger partial charge in [0.2, 0.25) is 0 Å².